The Morgan fingerprint density at radius 1 is 1.43 bits per heavy atom. The number of rotatable bonds is 3. The minimum atomic E-state index is -1.14. The lowest BCUT2D eigenvalue weighted by molar-refractivity contribution is -0.156. The molecule has 0 spiro atoms. The molecule has 5 nitrogen and oxygen atoms in total. The van der Waals surface area contributed by atoms with Crippen LogP contribution in [0.1, 0.15) is 13.3 Å². The molecule has 0 bridgehead atoms. The standard InChI is InChI=1S/C9H17NO4/c1-2-3-10-4-6(9(13)14)8(12)7(11)5-10/h6-8,11-12H,2-5H2,1H3,(H,13,14)/t6-,7+,8+/m0/s1. The smallest absolute Gasteiger partial charge is 0.310 e. The highest BCUT2D eigenvalue weighted by Crippen LogP contribution is 2.18. The summed E-state index contributed by atoms with van der Waals surface area (Å²) in [6.45, 7) is 3.43. The zero-order chi connectivity index (χ0) is 10.7. The van der Waals surface area contributed by atoms with Crippen molar-refractivity contribution in [3.63, 3.8) is 0 Å². The molecule has 0 aromatic heterocycles. The van der Waals surface area contributed by atoms with Crippen LogP contribution in [0.4, 0.5) is 0 Å². The second-order valence-corrected chi connectivity index (χ2v) is 3.76. The van der Waals surface area contributed by atoms with Crippen LogP contribution in [-0.4, -0.2) is 58.0 Å². The van der Waals surface area contributed by atoms with E-state index >= 15 is 0 Å². The number of hydrogen-bond acceptors (Lipinski definition) is 4. The Morgan fingerprint density at radius 3 is 2.57 bits per heavy atom. The number of β-amino-alcohol motifs (C(OH)–C–C–N with tert-alkyl or cyclic N) is 1. The van der Waals surface area contributed by atoms with Gasteiger partial charge in [-0.25, -0.2) is 0 Å². The molecule has 14 heavy (non-hydrogen) atoms. The summed E-state index contributed by atoms with van der Waals surface area (Å²) in [5, 5.41) is 27.7. The molecule has 0 amide bonds. The average Bonchev–Trinajstić information content (AvgIpc) is 2.11. The molecule has 3 N–H and O–H groups in total. The van der Waals surface area contributed by atoms with Gasteiger partial charge in [-0.05, 0) is 13.0 Å². The Morgan fingerprint density at radius 2 is 2.07 bits per heavy atom. The van der Waals surface area contributed by atoms with E-state index in [0.29, 0.717) is 13.1 Å². The highest BCUT2D eigenvalue weighted by molar-refractivity contribution is 5.71. The third-order valence-corrected chi connectivity index (χ3v) is 2.56. The molecule has 1 aliphatic rings. The van der Waals surface area contributed by atoms with E-state index in [9.17, 15) is 15.0 Å². The van der Waals surface area contributed by atoms with Crippen LogP contribution < -0.4 is 0 Å². The number of nitrogens with zero attached hydrogens (tertiary/aromatic N) is 1. The Labute approximate surface area is 83.0 Å². The second-order valence-electron chi connectivity index (χ2n) is 3.76. The summed E-state index contributed by atoms with van der Waals surface area (Å²) in [5.41, 5.74) is 0. The number of hydrogen-bond donors (Lipinski definition) is 3. The number of aliphatic hydroxyl groups is 2. The Hall–Kier alpha value is -0.650. The number of aliphatic hydroxyl groups excluding tert-OH is 2. The molecule has 0 aromatic carbocycles. The number of piperidine rings is 1. The topological polar surface area (TPSA) is 81.0 Å². The fourth-order valence-corrected chi connectivity index (χ4v) is 1.82. The molecule has 0 unspecified atom stereocenters. The van der Waals surface area contributed by atoms with E-state index in [1.165, 1.54) is 0 Å². The molecule has 0 aliphatic carbocycles. The summed E-state index contributed by atoms with van der Waals surface area (Å²) in [6.07, 6.45) is -1.17. The molecule has 1 rings (SSSR count). The fourth-order valence-electron chi connectivity index (χ4n) is 1.82. The van der Waals surface area contributed by atoms with Gasteiger partial charge in [-0.1, -0.05) is 6.92 Å². The van der Waals surface area contributed by atoms with Crippen molar-refractivity contribution in [1.29, 1.82) is 0 Å². The number of carbonyl (C=O) groups is 1. The predicted octanol–water partition coefficient (Wildman–Crippen LogP) is -0.865. The van der Waals surface area contributed by atoms with Crippen molar-refractivity contribution >= 4 is 5.97 Å². The van der Waals surface area contributed by atoms with Crippen LogP contribution in [0.25, 0.3) is 0 Å². The lowest BCUT2D eigenvalue weighted by atomic mass is 9.92. The van der Waals surface area contributed by atoms with Crippen molar-refractivity contribution < 1.29 is 20.1 Å². The van der Waals surface area contributed by atoms with Crippen LogP contribution >= 0.6 is 0 Å². The van der Waals surface area contributed by atoms with Gasteiger partial charge >= 0.3 is 5.97 Å². The third kappa shape index (κ3) is 2.43. The number of carboxylic acid groups (broad SMARTS) is 1. The van der Waals surface area contributed by atoms with Gasteiger partial charge in [0.2, 0.25) is 0 Å². The van der Waals surface area contributed by atoms with E-state index in [2.05, 4.69) is 0 Å². The Kier molecular flexibility index (Phi) is 3.86. The summed E-state index contributed by atoms with van der Waals surface area (Å²) >= 11 is 0. The maximum absolute atomic E-state index is 10.8. The molecule has 1 heterocycles. The van der Waals surface area contributed by atoms with Crippen LogP contribution in [0.3, 0.4) is 0 Å². The second kappa shape index (κ2) is 4.72. The molecule has 0 aromatic rings. The summed E-state index contributed by atoms with van der Waals surface area (Å²) in [4.78, 5) is 12.6. The number of aliphatic carboxylic acids is 1. The Bertz CT molecular complexity index is 209. The summed E-state index contributed by atoms with van der Waals surface area (Å²) < 4.78 is 0. The van der Waals surface area contributed by atoms with Crippen molar-refractivity contribution in [3.05, 3.63) is 0 Å². The highest BCUT2D eigenvalue weighted by Gasteiger charge is 2.38. The van der Waals surface area contributed by atoms with Gasteiger partial charge in [0.1, 0.15) is 0 Å². The first-order valence-corrected chi connectivity index (χ1v) is 4.87. The van der Waals surface area contributed by atoms with Gasteiger partial charge in [-0.15, -0.1) is 0 Å². The predicted molar refractivity (Wildman–Crippen MR) is 49.9 cm³/mol. The average molecular weight is 203 g/mol. The molecule has 5 heteroatoms. The lowest BCUT2D eigenvalue weighted by Crippen LogP contribution is -2.54. The Balaban J connectivity index is 2.61. The first kappa shape index (κ1) is 11.4. The van der Waals surface area contributed by atoms with Crippen LogP contribution in [0.2, 0.25) is 0 Å². The van der Waals surface area contributed by atoms with E-state index in [4.69, 9.17) is 5.11 Å². The third-order valence-electron chi connectivity index (χ3n) is 2.56. The first-order valence-electron chi connectivity index (χ1n) is 4.87. The quantitative estimate of drug-likeness (QED) is 0.556. The zero-order valence-electron chi connectivity index (χ0n) is 8.26. The van der Waals surface area contributed by atoms with Gasteiger partial charge in [-0.2, -0.15) is 0 Å². The van der Waals surface area contributed by atoms with E-state index in [1.54, 1.807) is 0 Å². The molecule has 0 radical (unpaired) electrons. The van der Waals surface area contributed by atoms with Crippen molar-refractivity contribution in [1.82, 2.24) is 4.90 Å². The molecular formula is C9H17NO4. The summed E-state index contributed by atoms with van der Waals surface area (Å²) in [7, 11) is 0. The van der Waals surface area contributed by atoms with E-state index in [1.807, 2.05) is 11.8 Å². The number of carboxylic acids is 1. The van der Waals surface area contributed by atoms with Gasteiger partial charge < -0.3 is 15.3 Å². The minimum Gasteiger partial charge on any atom is -0.481 e. The maximum atomic E-state index is 10.8. The maximum Gasteiger partial charge on any atom is 0.310 e. The van der Waals surface area contributed by atoms with Crippen LogP contribution in [0.5, 0.6) is 0 Å². The van der Waals surface area contributed by atoms with Crippen LogP contribution in [0, 0.1) is 5.92 Å². The molecule has 82 valence electrons. The van der Waals surface area contributed by atoms with E-state index < -0.39 is 24.1 Å². The van der Waals surface area contributed by atoms with Gasteiger partial charge in [0.05, 0.1) is 18.1 Å². The van der Waals surface area contributed by atoms with Gasteiger partial charge in [-0.3, -0.25) is 9.69 Å². The van der Waals surface area contributed by atoms with Gasteiger partial charge in [0.25, 0.3) is 0 Å². The van der Waals surface area contributed by atoms with Crippen molar-refractivity contribution in [2.75, 3.05) is 19.6 Å². The fraction of sp³-hybridized carbons (Fsp3) is 0.889. The zero-order valence-corrected chi connectivity index (χ0v) is 8.26. The van der Waals surface area contributed by atoms with Crippen LogP contribution in [-0.2, 0) is 4.79 Å². The molecular weight excluding hydrogens is 186 g/mol. The van der Waals surface area contributed by atoms with Gasteiger partial charge in [0.15, 0.2) is 0 Å². The summed E-state index contributed by atoms with van der Waals surface area (Å²) in [5.74, 6) is -1.91. The normalized spacial score (nSPS) is 34.4. The summed E-state index contributed by atoms with van der Waals surface area (Å²) in [6, 6.07) is 0. The first-order chi connectivity index (χ1) is 6.56. The number of likely N-dealkylation sites (tertiary alicyclic amines) is 1. The molecule has 1 aliphatic heterocycles. The highest BCUT2D eigenvalue weighted by atomic mass is 16.4. The molecule has 0 saturated carbocycles. The minimum absolute atomic E-state index is 0.321. The van der Waals surface area contributed by atoms with Crippen LogP contribution in [0.15, 0.2) is 0 Å². The van der Waals surface area contributed by atoms with E-state index in [-0.39, 0.29) is 0 Å². The van der Waals surface area contributed by atoms with Gasteiger partial charge in [0, 0.05) is 13.1 Å². The SMILES string of the molecule is CCCN1C[C@@H](O)[C@H](O)[C@@H](C(=O)O)C1. The largest absolute Gasteiger partial charge is 0.481 e. The van der Waals surface area contributed by atoms with E-state index in [0.717, 1.165) is 13.0 Å². The van der Waals surface area contributed by atoms with Crippen molar-refractivity contribution in [3.8, 4) is 0 Å². The lowest BCUT2D eigenvalue weighted by Gasteiger charge is -2.37. The molecule has 1 fully saturated rings. The monoisotopic (exact) mass is 203 g/mol. The molecule has 1 saturated heterocycles. The van der Waals surface area contributed by atoms with Crippen molar-refractivity contribution in [2.24, 2.45) is 5.92 Å². The van der Waals surface area contributed by atoms with Crippen molar-refractivity contribution in [2.45, 2.75) is 25.6 Å². The molecule has 3 atom stereocenters.